The SMILES string of the molecule is CCCCCC(C)=O.CCO[P+](=O)OCC. The van der Waals surface area contributed by atoms with Crippen LogP contribution in [-0.4, -0.2) is 19.0 Å². The Kier molecular flexibility index (Phi) is 16.6. The van der Waals surface area contributed by atoms with E-state index >= 15 is 0 Å². The molecule has 0 aliphatic carbocycles. The van der Waals surface area contributed by atoms with Crippen molar-refractivity contribution in [1.82, 2.24) is 0 Å². The zero-order chi connectivity index (χ0) is 12.8. The molecule has 5 heteroatoms. The predicted molar refractivity (Wildman–Crippen MR) is 65.7 cm³/mol. The summed E-state index contributed by atoms with van der Waals surface area (Å²) in [5.74, 6) is 0.318. The van der Waals surface area contributed by atoms with Gasteiger partial charge in [-0.2, -0.15) is 0 Å². The number of carbonyl (C=O) groups excluding carboxylic acids is 1. The second-order valence-corrected chi connectivity index (χ2v) is 4.18. The van der Waals surface area contributed by atoms with E-state index in [0.717, 1.165) is 12.8 Å². The highest BCUT2D eigenvalue weighted by Gasteiger charge is 2.15. The Balaban J connectivity index is 0. The fourth-order valence-corrected chi connectivity index (χ4v) is 1.37. The summed E-state index contributed by atoms with van der Waals surface area (Å²) in [5, 5.41) is 0. The molecule has 16 heavy (non-hydrogen) atoms. The van der Waals surface area contributed by atoms with Crippen molar-refractivity contribution in [1.29, 1.82) is 0 Å². The van der Waals surface area contributed by atoms with Gasteiger partial charge in [0.2, 0.25) is 0 Å². The van der Waals surface area contributed by atoms with Crippen molar-refractivity contribution in [2.45, 2.75) is 53.4 Å². The summed E-state index contributed by atoms with van der Waals surface area (Å²) < 4.78 is 19.5. The fraction of sp³-hybridized carbons (Fsp3) is 0.909. The van der Waals surface area contributed by atoms with E-state index in [1.807, 2.05) is 0 Å². The third-order valence-electron chi connectivity index (χ3n) is 1.60. The maximum Gasteiger partial charge on any atom is 0.697 e. The molecule has 0 spiro atoms. The number of rotatable bonds is 8. The molecule has 0 aromatic rings. The smallest absolute Gasteiger partial charge is 0.300 e. The summed E-state index contributed by atoms with van der Waals surface area (Å²) in [6.45, 7) is 8.21. The molecule has 0 aromatic heterocycles. The van der Waals surface area contributed by atoms with Crippen LogP contribution in [0.4, 0.5) is 0 Å². The van der Waals surface area contributed by atoms with Crippen molar-refractivity contribution in [3.8, 4) is 0 Å². The molecule has 0 atom stereocenters. The van der Waals surface area contributed by atoms with Crippen LogP contribution in [0.15, 0.2) is 0 Å². The van der Waals surface area contributed by atoms with E-state index in [1.165, 1.54) is 12.8 Å². The van der Waals surface area contributed by atoms with Crippen molar-refractivity contribution in [2.75, 3.05) is 13.2 Å². The predicted octanol–water partition coefficient (Wildman–Crippen LogP) is 3.87. The molecule has 0 rings (SSSR count). The van der Waals surface area contributed by atoms with Gasteiger partial charge in [0.15, 0.2) is 0 Å². The Bertz CT molecular complexity index is 175. The lowest BCUT2D eigenvalue weighted by Gasteiger charge is -1.90. The van der Waals surface area contributed by atoms with Gasteiger partial charge < -0.3 is 4.79 Å². The van der Waals surface area contributed by atoms with Crippen molar-refractivity contribution in [2.24, 2.45) is 0 Å². The Labute approximate surface area is 99.7 Å². The summed E-state index contributed by atoms with van der Waals surface area (Å²) in [6.07, 6.45) is 4.24. The number of carbonyl (C=O) groups is 1. The molecule has 4 nitrogen and oxygen atoms in total. The molecule has 0 aliphatic rings. The lowest BCUT2D eigenvalue weighted by Crippen LogP contribution is -1.87. The van der Waals surface area contributed by atoms with E-state index in [-0.39, 0.29) is 0 Å². The minimum Gasteiger partial charge on any atom is -0.300 e. The Morgan fingerprint density at radius 2 is 1.56 bits per heavy atom. The monoisotopic (exact) mass is 251 g/mol. The van der Waals surface area contributed by atoms with Gasteiger partial charge in [-0.3, -0.25) is 0 Å². The first kappa shape index (κ1) is 18.1. The zero-order valence-corrected chi connectivity index (χ0v) is 11.7. The van der Waals surface area contributed by atoms with Crippen molar-refractivity contribution < 1.29 is 18.4 Å². The molecule has 0 saturated heterocycles. The number of unbranched alkanes of at least 4 members (excludes halogenated alkanes) is 2. The molecule has 0 bridgehead atoms. The van der Waals surface area contributed by atoms with Gasteiger partial charge in [0.1, 0.15) is 19.0 Å². The Hall–Kier alpha value is -0.310. The quantitative estimate of drug-likeness (QED) is 0.485. The van der Waals surface area contributed by atoms with Crippen LogP contribution >= 0.6 is 8.25 Å². The molecule has 96 valence electrons. The third-order valence-corrected chi connectivity index (χ3v) is 2.54. The van der Waals surface area contributed by atoms with Crippen molar-refractivity contribution in [3.05, 3.63) is 0 Å². The lowest BCUT2D eigenvalue weighted by atomic mass is 10.2. The van der Waals surface area contributed by atoms with Gasteiger partial charge >= 0.3 is 8.25 Å². The molecular formula is C11H24O4P+. The van der Waals surface area contributed by atoms with Gasteiger partial charge in [0.25, 0.3) is 0 Å². The molecule has 0 radical (unpaired) electrons. The van der Waals surface area contributed by atoms with Crippen LogP contribution < -0.4 is 0 Å². The van der Waals surface area contributed by atoms with Gasteiger partial charge in [-0.25, -0.2) is 0 Å². The number of Topliss-reactive ketones (excluding diaryl/α,β-unsaturated/α-hetero) is 1. The summed E-state index contributed by atoms with van der Waals surface area (Å²) in [5.41, 5.74) is 0. The molecule has 0 aliphatic heterocycles. The number of hydrogen-bond donors (Lipinski definition) is 0. The largest absolute Gasteiger partial charge is 0.697 e. The average Bonchev–Trinajstić information content (AvgIpc) is 2.19. The van der Waals surface area contributed by atoms with Gasteiger partial charge in [-0.15, -0.1) is 9.05 Å². The zero-order valence-electron chi connectivity index (χ0n) is 10.8. The number of hydrogen-bond acceptors (Lipinski definition) is 4. The van der Waals surface area contributed by atoms with Gasteiger partial charge in [-0.05, 0) is 27.2 Å². The summed E-state index contributed by atoms with van der Waals surface area (Å²) in [6, 6.07) is 0. The minimum atomic E-state index is -1.83. The topological polar surface area (TPSA) is 52.6 Å². The maximum atomic E-state index is 10.3. The Morgan fingerprint density at radius 3 is 1.88 bits per heavy atom. The van der Waals surface area contributed by atoms with E-state index in [1.54, 1.807) is 20.8 Å². The average molecular weight is 251 g/mol. The Morgan fingerprint density at radius 1 is 1.06 bits per heavy atom. The van der Waals surface area contributed by atoms with Crippen LogP contribution in [0, 0.1) is 0 Å². The first-order valence-corrected chi connectivity index (χ1v) is 6.90. The summed E-state index contributed by atoms with van der Waals surface area (Å²) in [4.78, 5) is 10.3. The third kappa shape index (κ3) is 19.3. The summed E-state index contributed by atoms with van der Waals surface area (Å²) in [7, 11) is -1.83. The first-order chi connectivity index (χ1) is 7.58. The van der Waals surface area contributed by atoms with E-state index in [4.69, 9.17) is 0 Å². The van der Waals surface area contributed by atoms with Gasteiger partial charge in [0.05, 0.1) is 0 Å². The minimum absolute atomic E-state index is 0.318. The second-order valence-electron chi connectivity index (χ2n) is 3.22. The second kappa shape index (κ2) is 14.7. The highest BCUT2D eigenvalue weighted by atomic mass is 31.1. The number of ketones is 1. The summed E-state index contributed by atoms with van der Waals surface area (Å²) >= 11 is 0. The maximum absolute atomic E-state index is 10.3. The van der Waals surface area contributed by atoms with Crippen molar-refractivity contribution in [3.63, 3.8) is 0 Å². The van der Waals surface area contributed by atoms with E-state index in [9.17, 15) is 9.36 Å². The van der Waals surface area contributed by atoms with E-state index in [0.29, 0.717) is 19.0 Å². The lowest BCUT2D eigenvalue weighted by molar-refractivity contribution is -0.117. The van der Waals surface area contributed by atoms with Gasteiger partial charge in [-0.1, -0.05) is 19.8 Å². The molecular weight excluding hydrogens is 227 g/mol. The van der Waals surface area contributed by atoms with Crippen molar-refractivity contribution >= 4 is 14.0 Å². The highest BCUT2D eigenvalue weighted by Crippen LogP contribution is 2.21. The van der Waals surface area contributed by atoms with Crippen LogP contribution in [0.1, 0.15) is 53.4 Å². The normalized spacial score (nSPS) is 9.25. The van der Waals surface area contributed by atoms with Crippen LogP contribution in [-0.2, 0) is 18.4 Å². The molecule has 0 N–H and O–H groups in total. The van der Waals surface area contributed by atoms with E-state index in [2.05, 4.69) is 16.0 Å². The standard InChI is InChI=1S/C7H14O.C4H10O3P/c1-3-4-5-6-7(2)8;1-3-6-8(5)7-4-2/h3-6H2,1-2H3;3-4H2,1-2H3/q;+1. The van der Waals surface area contributed by atoms with Crippen LogP contribution in [0.5, 0.6) is 0 Å². The molecule has 0 saturated carbocycles. The van der Waals surface area contributed by atoms with E-state index < -0.39 is 8.25 Å². The van der Waals surface area contributed by atoms with Gasteiger partial charge in [0, 0.05) is 11.0 Å². The molecule has 0 aromatic carbocycles. The molecule has 0 fully saturated rings. The highest BCUT2D eigenvalue weighted by molar-refractivity contribution is 7.33. The molecule has 0 unspecified atom stereocenters. The molecule has 0 amide bonds. The van der Waals surface area contributed by atoms with Crippen LogP contribution in [0.25, 0.3) is 0 Å². The fourth-order valence-electron chi connectivity index (χ4n) is 0.872. The van der Waals surface area contributed by atoms with Crippen LogP contribution in [0.2, 0.25) is 0 Å². The van der Waals surface area contributed by atoms with Crippen LogP contribution in [0.3, 0.4) is 0 Å². The molecule has 0 heterocycles. The first-order valence-electron chi connectivity index (χ1n) is 5.80.